The third-order valence-electron chi connectivity index (χ3n) is 1.62. The molecule has 0 fully saturated rings. The second-order valence-corrected chi connectivity index (χ2v) is 2.36. The molecule has 0 spiro atoms. The zero-order valence-corrected chi connectivity index (χ0v) is 5.87. The molecule has 0 bridgehead atoms. The van der Waals surface area contributed by atoms with Gasteiger partial charge in [-0.3, -0.25) is 0 Å². The number of aromatic nitrogens is 1. The second-order valence-electron chi connectivity index (χ2n) is 2.36. The lowest BCUT2D eigenvalue weighted by Gasteiger charge is -1.94. The number of ether oxygens (including phenoxy) is 1. The Morgan fingerprint density at radius 2 is 2.45 bits per heavy atom. The average molecular weight is 153 g/mol. The van der Waals surface area contributed by atoms with Crippen LogP contribution in [0.3, 0.4) is 0 Å². The summed E-state index contributed by atoms with van der Waals surface area (Å²) in [6.07, 6.45) is 2.83. The number of esters is 1. The van der Waals surface area contributed by atoms with Crippen LogP contribution in [0.1, 0.15) is 22.7 Å². The number of carbonyl (C=O) groups excluding carboxylic acids is 1. The highest BCUT2D eigenvalue weighted by atomic mass is 16.5. The summed E-state index contributed by atoms with van der Waals surface area (Å²) < 4.78 is 9.82. The van der Waals surface area contributed by atoms with Gasteiger partial charge in [-0.1, -0.05) is 0 Å². The SMILES string of the molecule is O=C1OCCCc2ocnc21. The number of hydrogen-bond donors (Lipinski definition) is 0. The lowest BCUT2D eigenvalue weighted by molar-refractivity contribution is 0.0507. The van der Waals surface area contributed by atoms with E-state index < -0.39 is 0 Å². The first-order chi connectivity index (χ1) is 5.38. The van der Waals surface area contributed by atoms with E-state index in [2.05, 4.69) is 4.98 Å². The first-order valence-corrected chi connectivity index (χ1v) is 3.47. The Bertz CT molecular complexity index is 279. The van der Waals surface area contributed by atoms with Crippen molar-refractivity contribution in [3.05, 3.63) is 17.8 Å². The molecule has 0 unspecified atom stereocenters. The van der Waals surface area contributed by atoms with Crippen LogP contribution < -0.4 is 0 Å². The molecule has 1 aliphatic rings. The summed E-state index contributed by atoms with van der Waals surface area (Å²) in [4.78, 5) is 14.8. The molecule has 4 heteroatoms. The van der Waals surface area contributed by atoms with E-state index in [-0.39, 0.29) is 5.97 Å². The third-order valence-corrected chi connectivity index (χ3v) is 1.62. The van der Waals surface area contributed by atoms with Crippen LogP contribution in [0.2, 0.25) is 0 Å². The fraction of sp³-hybridized carbons (Fsp3) is 0.429. The Hall–Kier alpha value is -1.32. The molecule has 1 aliphatic heterocycles. The summed E-state index contributed by atoms with van der Waals surface area (Å²) in [6, 6.07) is 0. The molecular weight excluding hydrogens is 146 g/mol. The summed E-state index contributed by atoms with van der Waals surface area (Å²) in [6.45, 7) is 0.463. The molecule has 0 amide bonds. The molecule has 58 valence electrons. The molecule has 0 radical (unpaired) electrons. The maximum atomic E-state index is 11.0. The van der Waals surface area contributed by atoms with Crippen LogP contribution in [0.5, 0.6) is 0 Å². The van der Waals surface area contributed by atoms with Gasteiger partial charge in [-0.15, -0.1) is 0 Å². The van der Waals surface area contributed by atoms with Crippen molar-refractivity contribution in [2.75, 3.05) is 6.61 Å². The van der Waals surface area contributed by atoms with Crippen molar-refractivity contribution in [1.29, 1.82) is 0 Å². The van der Waals surface area contributed by atoms with E-state index in [1.165, 1.54) is 6.39 Å². The van der Waals surface area contributed by atoms with Gasteiger partial charge in [0.1, 0.15) is 5.76 Å². The first-order valence-electron chi connectivity index (χ1n) is 3.47. The molecule has 0 aromatic carbocycles. The van der Waals surface area contributed by atoms with Crippen molar-refractivity contribution in [2.45, 2.75) is 12.8 Å². The van der Waals surface area contributed by atoms with E-state index in [9.17, 15) is 4.79 Å². The van der Waals surface area contributed by atoms with Crippen LogP contribution in [0.4, 0.5) is 0 Å². The zero-order valence-electron chi connectivity index (χ0n) is 5.87. The van der Waals surface area contributed by atoms with Crippen LogP contribution in [0.25, 0.3) is 0 Å². The van der Waals surface area contributed by atoms with Crippen LogP contribution in [-0.2, 0) is 11.2 Å². The Morgan fingerprint density at radius 3 is 3.36 bits per heavy atom. The molecule has 0 saturated carbocycles. The summed E-state index contributed by atoms with van der Waals surface area (Å²) in [5, 5.41) is 0. The molecule has 2 rings (SSSR count). The summed E-state index contributed by atoms with van der Waals surface area (Å²) in [5.74, 6) is 0.277. The number of cyclic esters (lactones) is 1. The van der Waals surface area contributed by atoms with Gasteiger partial charge in [0.2, 0.25) is 0 Å². The van der Waals surface area contributed by atoms with E-state index in [0.717, 1.165) is 12.8 Å². The number of hydrogen-bond acceptors (Lipinski definition) is 4. The van der Waals surface area contributed by atoms with Gasteiger partial charge in [-0.25, -0.2) is 9.78 Å². The van der Waals surface area contributed by atoms with Gasteiger partial charge in [0.25, 0.3) is 0 Å². The molecule has 0 atom stereocenters. The molecule has 0 aliphatic carbocycles. The van der Waals surface area contributed by atoms with Crippen molar-refractivity contribution in [3.8, 4) is 0 Å². The average Bonchev–Trinajstić information content (AvgIpc) is 2.40. The molecule has 0 saturated heterocycles. The Morgan fingerprint density at radius 1 is 1.55 bits per heavy atom. The van der Waals surface area contributed by atoms with E-state index in [0.29, 0.717) is 18.1 Å². The number of oxazole rings is 1. The minimum absolute atomic E-state index is 0.336. The highest BCUT2D eigenvalue weighted by Gasteiger charge is 2.20. The number of carbonyl (C=O) groups is 1. The number of fused-ring (bicyclic) bond motifs is 1. The zero-order chi connectivity index (χ0) is 7.68. The van der Waals surface area contributed by atoms with Crippen molar-refractivity contribution < 1.29 is 13.9 Å². The highest BCUT2D eigenvalue weighted by molar-refractivity contribution is 5.88. The van der Waals surface area contributed by atoms with E-state index in [1.807, 2.05) is 0 Å². The monoisotopic (exact) mass is 153 g/mol. The van der Waals surface area contributed by atoms with Crippen molar-refractivity contribution in [1.82, 2.24) is 4.98 Å². The number of rotatable bonds is 0. The van der Waals surface area contributed by atoms with Gasteiger partial charge in [0, 0.05) is 6.42 Å². The summed E-state index contributed by atoms with van der Waals surface area (Å²) in [5.41, 5.74) is 0.336. The van der Waals surface area contributed by atoms with Gasteiger partial charge in [-0.05, 0) is 6.42 Å². The van der Waals surface area contributed by atoms with Gasteiger partial charge in [0.05, 0.1) is 6.61 Å². The summed E-state index contributed by atoms with van der Waals surface area (Å²) in [7, 11) is 0. The highest BCUT2D eigenvalue weighted by Crippen LogP contribution is 2.14. The lowest BCUT2D eigenvalue weighted by atomic mass is 10.2. The largest absolute Gasteiger partial charge is 0.461 e. The van der Waals surface area contributed by atoms with Crippen molar-refractivity contribution in [3.63, 3.8) is 0 Å². The van der Waals surface area contributed by atoms with Crippen LogP contribution in [0, 0.1) is 0 Å². The fourth-order valence-corrected chi connectivity index (χ4v) is 1.08. The van der Waals surface area contributed by atoms with Gasteiger partial charge in [0.15, 0.2) is 12.1 Å². The molecule has 1 aromatic rings. The maximum absolute atomic E-state index is 11.0. The maximum Gasteiger partial charge on any atom is 0.360 e. The fourth-order valence-electron chi connectivity index (χ4n) is 1.08. The van der Waals surface area contributed by atoms with Crippen LogP contribution in [-0.4, -0.2) is 17.6 Å². The van der Waals surface area contributed by atoms with Gasteiger partial charge in [-0.2, -0.15) is 0 Å². The Kier molecular flexibility index (Phi) is 1.38. The van der Waals surface area contributed by atoms with Crippen LogP contribution in [0.15, 0.2) is 10.8 Å². The summed E-state index contributed by atoms with van der Waals surface area (Å²) >= 11 is 0. The smallest absolute Gasteiger partial charge is 0.360 e. The normalized spacial score (nSPS) is 16.9. The third kappa shape index (κ3) is 1.00. The minimum Gasteiger partial charge on any atom is -0.461 e. The topological polar surface area (TPSA) is 52.3 Å². The second kappa shape index (κ2) is 2.38. The molecule has 11 heavy (non-hydrogen) atoms. The minimum atomic E-state index is -0.369. The molecule has 1 aromatic heterocycles. The van der Waals surface area contributed by atoms with Gasteiger partial charge < -0.3 is 9.15 Å². The Labute approximate surface area is 63.2 Å². The van der Waals surface area contributed by atoms with Crippen LogP contribution >= 0.6 is 0 Å². The Balaban J connectivity index is 2.41. The van der Waals surface area contributed by atoms with E-state index >= 15 is 0 Å². The predicted molar refractivity (Wildman–Crippen MR) is 35.1 cm³/mol. The lowest BCUT2D eigenvalue weighted by Crippen LogP contribution is -2.04. The van der Waals surface area contributed by atoms with Crippen molar-refractivity contribution in [2.24, 2.45) is 0 Å². The quantitative estimate of drug-likeness (QED) is 0.517. The van der Waals surface area contributed by atoms with Gasteiger partial charge >= 0.3 is 5.97 Å². The predicted octanol–water partition coefficient (Wildman–Crippen LogP) is 0.778. The molecule has 0 N–H and O–H groups in total. The molecule has 2 heterocycles. The number of nitrogens with zero attached hydrogens (tertiary/aromatic N) is 1. The molecular formula is C7H7NO3. The number of aryl methyl sites for hydroxylation is 1. The molecule has 4 nitrogen and oxygen atoms in total. The first kappa shape index (κ1) is 6.39. The van der Waals surface area contributed by atoms with E-state index in [1.54, 1.807) is 0 Å². The standard InChI is InChI=1S/C7H7NO3/c9-7-6-5(11-4-8-6)2-1-3-10-7/h4H,1-3H2. The van der Waals surface area contributed by atoms with E-state index in [4.69, 9.17) is 9.15 Å². The van der Waals surface area contributed by atoms with Crippen molar-refractivity contribution >= 4 is 5.97 Å².